The molecular formula is C22H15Cl2F3. The van der Waals surface area contributed by atoms with Crippen LogP contribution in [0.15, 0.2) is 84.9 Å². The first kappa shape index (κ1) is 19.5. The van der Waals surface area contributed by atoms with E-state index in [1.54, 1.807) is 48.5 Å². The van der Waals surface area contributed by atoms with Gasteiger partial charge >= 0.3 is 6.18 Å². The molecule has 0 bridgehead atoms. The second kappa shape index (κ2) is 8.20. The molecule has 3 aromatic rings. The summed E-state index contributed by atoms with van der Waals surface area (Å²) in [5.41, 5.74) is 1.90. The van der Waals surface area contributed by atoms with Gasteiger partial charge in [0, 0.05) is 10.0 Å². The Morgan fingerprint density at radius 1 is 0.741 bits per heavy atom. The van der Waals surface area contributed by atoms with Crippen LogP contribution in [0.4, 0.5) is 13.2 Å². The van der Waals surface area contributed by atoms with Crippen LogP contribution in [-0.2, 0) is 0 Å². The van der Waals surface area contributed by atoms with E-state index in [2.05, 4.69) is 0 Å². The van der Waals surface area contributed by atoms with Gasteiger partial charge in [0.15, 0.2) is 0 Å². The summed E-state index contributed by atoms with van der Waals surface area (Å²) in [6.45, 7) is 0. The van der Waals surface area contributed by atoms with Crippen LogP contribution >= 0.6 is 23.2 Å². The fraction of sp³-hybridized carbons (Fsp3) is 0.0909. The number of hydrogen-bond donors (Lipinski definition) is 0. The highest BCUT2D eigenvalue weighted by molar-refractivity contribution is 6.34. The minimum atomic E-state index is -4.50. The van der Waals surface area contributed by atoms with E-state index in [0.29, 0.717) is 16.7 Å². The zero-order valence-electron chi connectivity index (χ0n) is 14.1. The lowest BCUT2D eigenvalue weighted by Gasteiger charge is -2.20. The predicted molar refractivity (Wildman–Crippen MR) is 105 cm³/mol. The second-order valence-corrected chi connectivity index (χ2v) is 6.91. The Labute approximate surface area is 165 Å². The fourth-order valence-corrected chi connectivity index (χ4v) is 3.44. The largest absolute Gasteiger partial charge is 0.399 e. The van der Waals surface area contributed by atoms with Gasteiger partial charge in [0.05, 0.1) is 5.92 Å². The number of allylic oxidation sites excluding steroid dienone is 1. The zero-order chi connectivity index (χ0) is 19.4. The Hall–Kier alpha value is -2.23. The monoisotopic (exact) mass is 406 g/mol. The van der Waals surface area contributed by atoms with Crippen LogP contribution in [0, 0.1) is 0 Å². The Morgan fingerprint density at radius 3 is 1.59 bits per heavy atom. The van der Waals surface area contributed by atoms with Crippen molar-refractivity contribution in [2.75, 3.05) is 0 Å². The highest BCUT2D eigenvalue weighted by atomic mass is 35.5. The third-order valence-corrected chi connectivity index (χ3v) is 4.54. The fourth-order valence-electron chi connectivity index (χ4n) is 2.90. The topological polar surface area (TPSA) is 0 Å². The summed E-state index contributed by atoms with van der Waals surface area (Å²) in [6.07, 6.45) is -3.27. The molecular weight excluding hydrogens is 392 g/mol. The normalized spacial score (nSPS) is 12.5. The molecule has 1 atom stereocenters. The first-order valence-corrected chi connectivity index (χ1v) is 8.95. The Bertz CT molecular complexity index is 871. The SMILES string of the molecule is FC(F)(F)C(C=C(c1ccccc1)c1ccccc1)c1cc(Cl)cc(Cl)c1. The summed E-state index contributed by atoms with van der Waals surface area (Å²) >= 11 is 11.9. The number of benzene rings is 3. The van der Waals surface area contributed by atoms with E-state index in [0.717, 1.165) is 0 Å². The zero-order valence-corrected chi connectivity index (χ0v) is 15.6. The van der Waals surface area contributed by atoms with Crippen molar-refractivity contribution >= 4 is 28.8 Å². The lowest BCUT2D eigenvalue weighted by molar-refractivity contribution is -0.139. The molecule has 0 heterocycles. The molecule has 0 aliphatic rings. The summed E-state index contributed by atoms with van der Waals surface area (Å²) in [5.74, 6) is -1.84. The van der Waals surface area contributed by atoms with Gasteiger partial charge in [-0.25, -0.2) is 0 Å². The van der Waals surface area contributed by atoms with Crippen LogP contribution in [-0.4, -0.2) is 6.18 Å². The average molecular weight is 407 g/mol. The van der Waals surface area contributed by atoms with E-state index in [9.17, 15) is 13.2 Å². The minimum Gasteiger partial charge on any atom is -0.170 e. The Balaban J connectivity index is 2.20. The van der Waals surface area contributed by atoms with Crippen LogP contribution in [0.5, 0.6) is 0 Å². The standard InChI is InChI=1S/C22H15Cl2F3/c23-18-11-17(12-19(24)13-18)21(22(25,26)27)14-20(15-7-3-1-4-8-15)16-9-5-2-6-10-16/h1-14,21H. The van der Waals surface area contributed by atoms with Gasteiger partial charge in [-0.2, -0.15) is 13.2 Å². The van der Waals surface area contributed by atoms with Crippen molar-refractivity contribution in [2.45, 2.75) is 12.1 Å². The number of alkyl halides is 3. The number of rotatable bonds is 4. The van der Waals surface area contributed by atoms with E-state index in [1.807, 2.05) is 12.1 Å². The highest BCUT2D eigenvalue weighted by Gasteiger charge is 2.40. The van der Waals surface area contributed by atoms with E-state index in [1.165, 1.54) is 24.3 Å². The predicted octanol–water partition coefficient (Wildman–Crippen LogP) is 7.77. The smallest absolute Gasteiger partial charge is 0.170 e. The highest BCUT2D eigenvalue weighted by Crippen LogP contribution is 2.40. The van der Waals surface area contributed by atoms with E-state index >= 15 is 0 Å². The van der Waals surface area contributed by atoms with Crippen molar-refractivity contribution in [3.63, 3.8) is 0 Å². The molecule has 0 amide bonds. The lowest BCUT2D eigenvalue weighted by Crippen LogP contribution is -2.19. The molecule has 3 rings (SSSR count). The molecule has 138 valence electrons. The molecule has 5 heteroatoms. The Kier molecular flexibility index (Phi) is 5.93. The van der Waals surface area contributed by atoms with Gasteiger partial charge < -0.3 is 0 Å². The maximum Gasteiger partial charge on any atom is 0.399 e. The Morgan fingerprint density at radius 2 is 1.19 bits per heavy atom. The summed E-state index contributed by atoms with van der Waals surface area (Å²) in [7, 11) is 0. The quantitative estimate of drug-likeness (QED) is 0.414. The van der Waals surface area contributed by atoms with E-state index < -0.39 is 12.1 Å². The molecule has 27 heavy (non-hydrogen) atoms. The van der Waals surface area contributed by atoms with Crippen LogP contribution in [0.1, 0.15) is 22.6 Å². The van der Waals surface area contributed by atoms with Gasteiger partial charge in [-0.1, -0.05) is 89.9 Å². The van der Waals surface area contributed by atoms with Crippen LogP contribution in [0.25, 0.3) is 5.57 Å². The molecule has 3 aromatic carbocycles. The van der Waals surface area contributed by atoms with Gasteiger partial charge in [-0.3, -0.25) is 0 Å². The molecule has 0 saturated carbocycles. The second-order valence-electron chi connectivity index (χ2n) is 6.03. The van der Waals surface area contributed by atoms with Gasteiger partial charge in [-0.05, 0) is 40.5 Å². The van der Waals surface area contributed by atoms with Crippen LogP contribution in [0.3, 0.4) is 0 Å². The molecule has 0 aromatic heterocycles. The molecule has 0 N–H and O–H groups in total. The third-order valence-electron chi connectivity index (χ3n) is 4.10. The molecule has 0 nitrogen and oxygen atoms in total. The molecule has 0 aliphatic heterocycles. The molecule has 0 radical (unpaired) electrons. The number of hydrogen-bond acceptors (Lipinski definition) is 0. The van der Waals surface area contributed by atoms with Gasteiger partial charge in [-0.15, -0.1) is 0 Å². The van der Waals surface area contributed by atoms with Crippen molar-refractivity contribution in [3.05, 3.63) is 112 Å². The summed E-state index contributed by atoms with van der Waals surface area (Å²) in [6, 6.07) is 22.0. The first-order valence-electron chi connectivity index (χ1n) is 8.20. The van der Waals surface area contributed by atoms with Crippen molar-refractivity contribution in [2.24, 2.45) is 0 Å². The van der Waals surface area contributed by atoms with Crippen LogP contribution < -0.4 is 0 Å². The van der Waals surface area contributed by atoms with Crippen molar-refractivity contribution < 1.29 is 13.2 Å². The maximum absolute atomic E-state index is 13.9. The van der Waals surface area contributed by atoms with Gasteiger partial charge in [0.25, 0.3) is 0 Å². The lowest BCUT2D eigenvalue weighted by atomic mass is 9.90. The van der Waals surface area contributed by atoms with E-state index in [-0.39, 0.29) is 15.6 Å². The first-order chi connectivity index (χ1) is 12.8. The summed E-state index contributed by atoms with van der Waals surface area (Å²) in [5, 5.41) is 0.335. The molecule has 1 unspecified atom stereocenters. The minimum absolute atomic E-state index is 0.00404. The van der Waals surface area contributed by atoms with E-state index in [4.69, 9.17) is 23.2 Å². The van der Waals surface area contributed by atoms with Crippen molar-refractivity contribution in [1.82, 2.24) is 0 Å². The van der Waals surface area contributed by atoms with Crippen LogP contribution in [0.2, 0.25) is 10.0 Å². The molecule has 0 fully saturated rings. The molecule has 0 aliphatic carbocycles. The molecule has 0 spiro atoms. The summed E-state index contributed by atoms with van der Waals surface area (Å²) in [4.78, 5) is 0. The molecule has 0 saturated heterocycles. The average Bonchev–Trinajstić information content (AvgIpc) is 2.62. The van der Waals surface area contributed by atoms with Crippen molar-refractivity contribution in [3.8, 4) is 0 Å². The van der Waals surface area contributed by atoms with Gasteiger partial charge in [0.2, 0.25) is 0 Å². The third kappa shape index (κ3) is 4.94. The van der Waals surface area contributed by atoms with Gasteiger partial charge in [0.1, 0.15) is 0 Å². The number of halogens is 5. The maximum atomic E-state index is 13.9. The summed E-state index contributed by atoms with van der Waals surface area (Å²) < 4.78 is 41.8. The van der Waals surface area contributed by atoms with Crippen molar-refractivity contribution in [1.29, 1.82) is 0 Å².